The van der Waals surface area contributed by atoms with Gasteiger partial charge in [-0.05, 0) is 62.4 Å². The van der Waals surface area contributed by atoms with E-state index in [2.05, 4.69) is 6.07 Å². The van der Waals surface area contributed by atoms with Crippen molar-refractivity contribution in [2.75, 3.05) is 0 Å². The number of rotatable bonds is 0. The van der Waals surface area contributed by atoms with Crippen molar-refractivity contribution in [2.24, 2.45) is 0 Å². The first-order chi connectivity index (χ1) is 11.1. The highest BCUT2D eigenvalue weighted by molar-refractivity contribution is 6.17. The van der Waals surface area contributed by atoms with Crippen LogP contribution in [0.5, 0.6) is 5.75 Å². The van der Waals surface area contributed by atoms with Crippen molar-refractivity contribution in [2.45, 2.75) is 12.2 Å². The van der Waals surface area contributed by atoms with Gasteiger partial charge in [0.1, 0.15) is 18.0 Å². The van der Waals surface area contributed by atoms with Crippen LogP contribution >= 0.6 is 0 Å². The molecule has 2 aliphatic rings. The minimum Gasteiger partial charge on any atom is -0.508 e. The fraction of sp³-hybridized carbons (Fsp3) is 0.100. The zero-order valence-electron chi connectivity index (χ0n) is 12.2. The molecule has 0 radical (unpaired) electrons. The minimum atomic E-state index is -0.930. The Kier molecular flexibility index (Phi) is 2.36. The van der Waals surface area contributed by atoms with E-state index in [-0.39, 0.29) is 5.75 Å². The molecule has 0 heterocycles. The first-order valence-electron chi connectivity index (χ1n) is 7.63. The third kappa shape index (κ3) is 1.55. The molecule has 112 valence electrons. The Hall–Kier alpha value is -2.62. The van der Waals surface area contributed by atoms with Crippen LogP contribution in [0.1, 0.15) is 17.2 Å². The monoisotopic (exact) mass is 302 g/mol. The number of aliphatic hydroxyl groups is 2. The fourth-order valence-corrected chi connectivity index (χ4v) is 3.87. The van der Waals surface area contributed by atoms with Gasteiger partial charge in [-0.3, -0.25) is 0 Å². The SMILES string of the molecule is Oc1ccc2c(c1)-c1cc3c(c4cccc-2c14)C=CC(O)C3O. The number of aromatic hydroxyl groups is 1. The second-order valence-corrected chi connectivity index (χ2v) is 6.18. The number of benzene rings is 3. The number of aliphatic hydroxyl groups excluding tert-OH is 2. The summed E-state index contributed by atoms with van der Waals surface area (Å²) in [4.78, 5) is 0. The van der Waals surface area contributed by atoms with E-state index in [1.165, 1.54) is 0 Å². The van der Waals surface area contributed by atoms with Gasteiger partial charge in [-0.25, -0.2) is 0 Å². The molecule has 0 bridgehead atoms. The van der Waals surface area contributed by atoms with E-state index in [0.29, 0.717) is 0 Å². The molecule has 23 heavy (non-hydrogen) atoms. The summed E-state index contributed by atoms with van der Waals surface area (Å²) < 4.78 is 0. The van der Waals surface area contributed by atoms with Crippen molar-refractivity contribution in [3.05, 3.63) is 59.7 Å². The van der Waals surface area contributed by atoms with E-state index < -0.39 is 12.2 Å². The molecule has 0 saturated heterocycles. The van der Waals surface area contributed by atoms with Crippen LogP contribution in [0.2, 0.25) is 0 Å². The number of phenols is 1. The molecule has 3 heteroatoms. The van der Waals surface area contributed by atoms with Crippen molar-refractivity contribution in [1.29, 1.82) is 0 Å². The van der Waals surface area contributed by atoms with Crippen molar-refractivity contribution in [1.82, 2.24) is 0 Å². The highest BCUT2D eigenvalue weighted by Gasteiger charge is 2.29. The van der Waals surface area contributed by atoms with Crippen molar-refractivity contribution < 1.29 is 15.3 Å². The predicted octanol–water partition coefficient (Wildman–Crippen LogP) is 3.61. The molecule has 0 saturated carbocycles. The zero-order chi connectivity index (χ0) is 15.7. The Morgan fingerprint density at radius 1 is 0.826 bits per heavy atom. The van der Waals surface area contributed by atoms with E-state index in [4.69, 9.17) is 0 Å². The molecule has 5 rings (SSSR count). The van der Waals surface area contributed by atoms with Crippen LogP contribution in [0.3, 0.4) is 0 Å². The first kappa shape index (κ1) is 12.9. The zero-order valence-corrected chi connectivity index (χ0v) is 12.2. The van der Waals surface area contributed by atoms with Crippen molar-refractivity contribution >= 4 is 16.8 Å². The summed E-state index contributed by atoms with van der Waals surface area (Å²) >= 11 is 0. The summed E-state index contributed by atoms with van der Waals surface area (Å²) in [7, 11) is 0. The van der Waals surface area contributed by atoms with Gasteiger partial charge < -0.3 is 15.3 Å². The Bertz CT molecular complexity index is 1020. The molecule has 3 N–H and O–H groups in total. The van der Waals surface area contributed by atoms with Gasteiger partial charge >= 0.3 is 0 Å². The maximum Gasteiger partial charge on any atom is 0.116 e. The number of hydrogen-bond acceptors (Lipinski definition) is 3. The van der Waals surface area contributed by atoms with E-state index in [0.717, 1.165) is 44.2 Å². The fourth-order valence-electron chi connectivity index (χ4n) is 3.87. The van der Waals surface area contributed by atoms with Crippen LogP contribution < -0.4 is 0 Å². The van der Waals surface area contributed by atoms with Gasteiger partial charge in [0.2, 0.25) is 0 Å². The Labute approximate surface area is 132 Å². The lowest BCUT2D eigenvalue weighted by molar-refractivity contribution is 0.0471. The highest BCUT2D eigenvalue weighted by atomic mass is 16.3. The quantitative estimate of drug-likeness (QED) is 0.465. The van der Waals surface area contributed by atoms with Crippen LogP contribution in [-0.4, -0.2) is 21.4 Å². The maximum absolute atomic E-state index is 10.4. The first-order valence-corrected chi connectivity index (χ1v) is 7.63. The molecule has 3 aromatic carbocycles. The Balaban J connectivity index is 1.96. The smallest absolute Gasteiger partial charge is 0.116 e. The molecule has 3 aromatic rings. The number of fused-ring (bicyclic) bond motifs is 5. The maximum atomic E-state index is 10.4. The van der Waals surface area contributed by atoms with Crippen LogP contribution in [0.25, 0.3) is 39.1 Å². The van der Waals surface area contributed by atoms with Gasteiger partial charge in [0, 0.05) is 0 Å². The number of phenolic OH excluding ortho intramolecular Hbond substituents is 1. The summed E-state index contributed by atoms with van der Waals surface area (Å²) in [6, 6.07) is 13.5. The molecule has 2 unspecified atom stereocenters. The molecule has 2 aliphatic carbocycles. The van der Waals surface area contributed by atoms with Crippen LogP contribution in [0.4, 0.5) is 0 Å². The predicted molar refractivity (Wildman–Crippen MR) is 90.0 cm³/mol. The summed E-state index contributed by atoms with van der Waals surface area (Å²) in [6.07, 6.45) is 1.70. The average Bonchev–Trinajstić information content (AvgIpc) is 2.86. The van der Waals surface area contributed by atoms with Crippen LogP contribution in [0, 0.1) is 0 Å². The molecular weight excluding hydrogens is 288 g/mol. The molecule has 0 aliphatic heterocycles. The Morgan fingerprint density at radius 2 is 1.70 bits per heavy atom. The normalized spacial score (nSPS) is 20.6. The van der Waals surface area contributed by atoms with Gasteiger partial charge in [-0.15, -0.1) is 0 Å². The van der Waals surface area contributed by atoms with Gasteiger partial charge in [0.05, 0.1) is 0 Å². The lowest BCUT2D eigenvalue weighted by Gasteiger charge is -2.24. The third-order valence-corrected chi connectivity index (χ3v) is 4.92. The molecule has 2 atom stereocenters. The van der Waals surface area contributed by atoms with Gasteiger partial charge in [-0.1, -0.05) is 36.4 Å². The largest absolute Gasteiger partial charge is 0.508 e. The average molecular weight is 302 g/mol. The standard InChI is InChI=1S/C20H14O3/c21-10-4-5-11-13-2-1-3-14-12-6-7-18(22)20(23)17(12)9-16(19(13)14)15(11)8-10/h1-9,18,20-23H. The molecule has 0 fully saturated rings. The van der Waals surface area contributed by atoms with E-state index in [1.807, 2.05) is 30.3 Å². The van der Waals surface area contributed by atoms with Crippen molar-refractivity contribution in [3.63, 3.8) is 0 Å². The summed E-state index contributed by atoms with van der Waals surface area (Å²) in [5, 5.41) is 32.4. The molecule has 0 aromatic heterocycles. The van der Waals surface area contributed by atoms with Crippen LogP contribution in [0.15, 0.2) is 48.5 Å². The molecule has 0 spiro atoms. The molecule has 0 amide bonds. The summed E-state index contributed by atoms with van der Waals surface area (Å²) in [5.41, 5.74) is 5.89. The van der Waals surface area contributed by atoms with Crippen molar-refractivity contribution in [3.8, 4) is 28.0 Å². The van der Waals surface area contributed by atoms with Gasteiger partial charge in [-0.2, -0.15) is 0 Å². The lowest BCUT2D eigenvalue weighted by Crippen LogP contribution is -2.19. The topological polar surface area (TPSA) is 60.7 Å². The molecular formula is C20H14O3. The summed E-state index contributed by atoms with van der Waals surface area (Å²) in [5.74, 6) is 0.225. The van der Waals surface area contributed by atoms with E-state index in [9.17, 15) is 15.3 Å². The second-order valence-electron chi connectivity index (χ2n) is 6.18. The van der Waals surface area contributed by atoms with Gasteiger partial charge in [0.25, 0.3) is 0 Å². The van der Waals surface area contributed by atoms with Gasteiger partial charge in [0.15, 0.2) is 0 Å². The lowest BCUT2D eigenvalue weighted by atomic mass is 9.86. The highest BCUT2D eigenvalue weighted by Crippen LogP contribution is 2.51. The van der Waals surface area contributed by atoms with E-state index in [1.54, 1.807) is 18.2 Å². The molecule has 3 nitrogen and oxygen atoms in total. The minimum absolute atomic E-state index is 0.225. The second kappa shape index (κ2) is 4.22. The summed E-state index contributed by atoms with van der Waals surface area (Å²) in [6.45, 7) is 0. The third-order valence-electron chi connectivity index (χ3n) is 4.92. The Morgan fingerprint density at radius 3 is 2.57 bits per heavy atom. The number of hydrogen-bond donors (Lipinski definition) is 3. The van der Waals surface area contributed by atoms with E-state index >= 15 is 0 Å². The van der Waals surface area contributed by atoms with Crippen LogP contribution in [-0.2, 0) is 0 Å².